The van der Waals surface area contributed by atoms with E-state index in [0.717, 1.165) is 6.61 Å². The average Bonchev–Trinajstić information content (AvgIpc) is 2.79. The van der Waals surface area contributed by atoms with E-state index in [0.29, 0.717) is 5.92 Å². The van der Waals surface area contributed by atoms with Crippen molar-refractivity contribution in [2.75, 3.05) is 6.61 Å². The Morgan fingerprint density at radius 3 is 1.85 bits per heavy atom. The van der Waals surface area contributed by atoms with Gasteiger partial charge in [-0.05, 0) is 25.0 Å². The maximum atomic E-state index is 6.03. The van der Waals surface area contributed by atoms with Gasteiger partial charge in [0.05, 0.1) is 11.0 Å². The fourth-order valence-electron chi connectivity index (χ4n) is 2.96. The first-order valence-corrected chi connectivity index (χ1v) is 7.33. The Balaban J connectivity index is 2.36. The summed E-state index contributed by atoms with van der Waals surface area (Å²) in [6, 6.07) is 17.2. The van der Waals surface area contributed by atoms with Crippen LogP contribution in [0.2, 0.25) is 0 Å². The summed E-state index contributed by atoms with van der Waals surface area (Å²) in [6.07, 6.45) is 0.0739. The van der Waals surface area contributed by atoms with Crippen LogP contribution in [0.15, 0.2) is 48.5 Å². The number of aromatic nitrogens is 1. The molecule has 20 heavy (non-hydrogen) atoms. The molecule has 0 saturated carbocycles. The van der Waals surface area contributed by atoms with Gasteiger partial charge in [-0.15, -0.1) is 0 Å². The van der Waals surface area contributed by atoms with Crippen LogP contribution in [-0.2, 0) is 4.74 Å². The predicted octanol–water partition coefficient (Wildman–Crippen LogP) is 4.99. The van der Waals surface area contributed by atoms with E-state index in [9.17, 15) is 0 Å². The highest BCUT2D eigenvalue weighted by Crippen LogP contribution is 2.34. The minimum atomic E-state index is 0.0739. The molecule has 0 aliphatic heterocycles. The maximum Gasteiger partial charge on any atom is 0.136 e. The molecule has 3 rings (SSSR count). The molecule has 0 N–H and O–H groups in total. The lowest BCUT2D eigenvalue weighted by atomic mass is 10.2. The summed E-state index contributed by atoms with van der Waals surface area (Å²) in [5.41, 5.74) is 2.50. The molecule has 1 atom stereocenters. The maximum absolute atomic E-state index is 6.03. The van der Waals surface area contributed by atoms with Gasteiger partial charge in [-0.25, -0.2) is 0 Å². The van der Waals surface area contributed by atoms with Crippen molar-refractivity contribution in [3.63, 3.8) is 0 Å². The summed E-state index contributed by atoms with van der Waals surface area (Å²) in [5, 5.41) is 2.60. The van der Waals surface area contributed by atoms with E-state index >= 15 is 0 Å². The molecule has 3 aromatic rings. The Hall–Kier alpha value is -1.80. The SMILES string of the molecule is CCO[C@H](C(C)C)n1c2ccccc2c2ccccc21. The Bertz CT molecular complexity index is 673. The molecule has 0 spiro atoms. The number of hydrogen-bond acceptors (Lipinski definition) is 1. The molecule has 2 heteroatoms. The second-order valence-electron chi connectivity index (χ2n) is 5.49. The van der Waals surface area contributed by atoms with Crippen LogP contribution in [0.25, 0.3) is 21.8 Å². The number of fused-ring (bicyclic) bond motifs is 3. The Kier molecular flexibility index (Phi) is 3.49. The van der Waals surface area contributed by atoms with Gasteiger partial charge in [0.25, 0.3) is 0 Å². The Morgan fingerprint density at radius 2 is 1.40 bits per heavy atom. The van der Waals surface area contributed by atoms with Gasteiger partial charge in [-0.1, -0.05) is 50.2 Å². The van der Waals surface area contributed by atoms with Gasteiger partial charge in [-0.3, -0.25) is 0 Å². The van der Waals surface area contributed by atoms with Crippen molar-refractivity contribution in [1.82, 2.24) is 4.57 Å². The summed E-state index contributed by atoms with van der Waals surface area (Å²) in [6.45, 7) is 7.21. The third kappa shape index (κ3) is 2.01. The first-order valence-electron chi connectivity index (χ1n) is 7.33. The highest BCUT2D eigenvalue weighted by molar-refractivity contribution is 6.08. The lowest BCUT2D eigenvalue weighted by Crippen LogP contribution is -2.18. The lowest BCUT2D eigenvalue weighted by molar-refractivity contribution is -0.0169. The standard InChI is InChI=1S/C18H21NO/c1-4-20-18(13(2)3)19-16-11-7-5-9-14(16)15-10-6-8-12-17(15)19/h5-13,18H,4H2,1-3H3/t18-/m1/s1. The lowest BCUT2D eigenvalue weighted by Gasteiger charge is -2.24. The zero-order valence-electron chi connectivity index (χ0n) is 12.3. The number of rotatable bonds is 4. The van der Waals surface area contributed by atoms with Gasteiger partial charge in [0.2, 0.25) is 0 Å². The molecule has 104 valence electrons. The van der Waals surface area contributed by atoms with Crippen molar-refractivity contribution in [2.24, 2.45) is 5.92 Å². The smallest absolute Gasteiger partial charge is 0.136 e. The third-order valence-electron chi connectivity index (χ3n) is 3.78. The van der Waals surface area contributed by atoms with Crippen LogP contribution in [0.5, 0.6) is 0 Å². The van der Waals surface area contributed by atoms with E-state index in [1.54, 1.807) is 0 Å². The molecule has 0 aliphatic carbocycles. The number of benzene rings is 2. The van der Waals surface area contributed by atoms with E-state index in [1.807, 2.05) is 0 Å². The van der Waals surface area contributed by atoms with Crippen molar-refractivity contribution >= 4 is 21.8 Å². The molecule has 0 aliphatic rings. The molecular formula is C18H21NO. The molecule has 0 unspecified atom stereocenters. The third-order valence-corrected chi connectivity index (χ3v) is 3.78. The summed E-state index contributed by atoms with van der Waals surface area (Å²) in [5.74, 6) is 0.425. The molecule has 2 aromatic carbocycles. The van der Waals surface area contributed by atoms with Crippen LogP contribution in [0, 0.1) is 5.92 Å². The van der Waals surface area contributed by atoms with Crippen LogP contribution in [0.1, 0.15) is 27.0 Å². The number of hydrogen-bond donors (Lipinski definition) is 0. The van der Waals surface area contributed by atoms with Crippen molar-refractivity contribution in [2.45, 2.75) is 27.0 Å². The zero-order chi connectivity index (χ0) is 14.1. The highest BCUT2D eigenvalue weighted by Gasteiger charge is 2.20. The number of para-hydroxylation sites is 2. The normalized spacial score (nSPS) is 13.4. The van der Waals surface area contributed by atoms with E-state index in [-0.39, 0.29) is 6.23 Å². The highest BCUT2D eigenvalue weighted by atomic mass is 16.5. The van der Waals surface area contributed by atoms with Crippen LogP contribution in [0.3, 0.4) is 0 Å². The van der Waals surface area contributed by atoms with Crippen LogP contribution >= 0.6 is 0 Å². The van der Waals surface area contributed by atoms with Gasteiger partial charge in [0, 0.05) is 17.4 Å². The fourth-order valence-corrected chi connectivity index (χ4v) is 2.96. The summed E-state index contributed by atoms with van der Waals surface area (Å²) < 4.78 is 8.37. The van der Waals surface area contributed by atoms with Gasteiger partial charge < -0.3 is 9.30 Å². The monoisotopic (exact) mass is 267 g/mol. The molecule has 2 nitrogen and oxygen atoms in total. The molecule has 0 bridgehead atoms. The van der Waals surface area contributed by atoms with E-state index in [1.165, 1.54) is 21.8 Å². The first-order chi connectivity index (χ1) is 9.74. The van der Waals surface area contributed by atoms with Crippen molar-refractivity contribution in [3.05, 3.63) is 48.5 Å². The molecule has 1 aromatic heterocycles. The number of nitrogens with zero attached hydrogens (tertiary/aromatic N) is 1. The van der Waals surface area contributed by atoms with E-state index < -0.39 is 0 Å². The quantitative estimate of drug-likeness (QED) is 0.650. The molecule has 0 saturated heterocycles. The largest absolute Gasteiger partial charge is 0.358 e. The zero-order valence-corrected chi connectivity index (χ0v) is 12.3. The van der Waals surface area contributed by atoms with E-state index in [4.69, 9.17) is 4.74 Å². The topological polar surface area (TPSA) is 14.2 Å². The first kappa shape index (κ1) is 13.2. The molecule has 0 amide bonds. The molecular weight excluding hydrogens is 246 g/mol. The van der Waals surface area contributed by atoms with Crippen molar-refractivity contribution < 1.29 is 4.74 Å². The summed E-state index contributed by atoms with van der Waals surface area (Å²) in [7, 11) is 0. The van der Waals surface area contributed by atoms with Crippen LogP contribution in [0.4, 0.5) is 0 Å². The minimum absolute atomic E-state index is 0.0739. The Labute approximate surface area is 120 Å². The van der Waals surface area contributed by atoms with Gasteiger partial charge in [0.15, 0.2) is 0 Å². The van der Waals surface area contributed by atoms with Crippen LogP contribution in [-0.4, -0.2) is 11.2 Å². The number of ether oxygens (including phenoxy) is 1. The molecule has 0 fully saturated rings. The summed E-state index contributed by atoms with van der Waals surface area (Å²) >= 11 is 0. The van der Waals surface area contributed by atoms with E-state index in [2.05, 4.69) is 73.9 Å². The minimum Gasteiger partial charge on any atom is -0.358 e. The van der Waals surface area contributed by atoms with Crippen molar-refractivity contribution in [3.8, 4) is 0 Å². The molecule has 1 heterocycles. The fraction of sp³-hybridized carbons (Fsp3) is 0.333. The predicted molar refractivity (Wildman–Crippen MR) is 84.9 cm³/mol. The Morgan fingerprint density at radius 1 is 0.900 bits per heavy atom. The second-order valence-corrected chi connectivity index (χ2v) is 5.49. The average molecular weight is 267 g/mol. The molecule has 0 radical (unpaired) electrons. The van der Waals surface area contributed by atoms with Gasteiger partial charge >= 0.3 is 0 Å². The van der Waals surface area contributed by atoms with Gasteiger partial charge in [0.1, 0.15) is 6.23 Å². The van der Waals surface area contributed by atoms with Gasteiger partial charge in [-0.2, -0.15) is 0 Å². The van der Waals surface area contributed by atoms with Crippen molar-refractivity contribution in [1.29, 1.82) is 0 Å². The summed E-state index contributed by atoms with van der Waals surface area (Å²) in [4.78, 5) is 0. The second kappa shape index (κ2) is 5.29. The van der Waals surface area contributed by atoms with Crippen LogP contribution < -0.4 is 0 Å².